The van der Waals surface area contributed by atoms with Crippen molar-refractivity contribution >= 4 is 5.91 Å². The van der Waals surface area contributed by atoms with Gasteiger partial charge in [-0.15, -0.1) is 0 Å². The van der Waals surface area contributed by atoms with Crippen molar-refractivity contribution in [1.29, 1.82) is 0 Å². The zero-order valence-corrected chi connectivity index (χ0v) is 13.2. The Kier molecular flexibility index (Phi) is 4.79. The molecule has 0 saturated heterocycles. The van der Waals surface area contributed by atoms with Gasteiger partial charge in [-0.1, -0.05) is 13.0 Å². The maximum atomic E-state index is 13.8. The van der Waals surface area contributed by atoms with Crippen molar-refractivity contribution in [3.63, 3.8) is 0 Å². The number of rotatable bonds is 5. The molecule has 1 aromatic carbocycles. The fourth-order valence-corrected chi connectivity index (χ4v) is 2.35. The number of carbonyl (C=O) groups is 1. The van der Waals surface area contributed by atoms with Crippen LogP contribution in [-0.4, -0.2) is 27.3 Å². The molecule has 0 bridgehead atoms. The van der Waals surface area contributed by atoms with Crippen LogP contribution in [0.2, 0.25) is 0 Å². The van der Waals surface area contributed by atoms with Crippen LogP contribution in [0.4, 0.5) is 8.78 Å². The van der Waals surface area contributed by atoms with E-state index in [4.69, 9.17) is 0 Å². The van der Waals surface area contributed by atoms with Gasteiger partial charge in [-0.3, -0.25) is 9.48 Å². The lowest BCUT2D eigenvalue weighted by molar-refractivity contribution is 0.0494. The summed E-state index contributed by atoms with van der Waals surface area (Å²) < 4.78 is 28.3. The highest BCUT2D eigenvalue weighted by molar-refractivity contribution is 5.95. The van der Waals surface area contributed by atoms with Crippen molar-refractivity contribution in [3.05, 3.63) is 52.9 Å². The van der Waals surface area contributed by atoms with Crippen LogP contribution in [0.1, 0.15) is 35.5 Å². The third-order valence-corrected chi connectivity index (χ3v) is 3.59. The van der Waals surface area contributed by atoms with Gasteiger partial charge in [0, 0.05) is 24.9 Å². The summed E-state index contributed by atoms with van der Waals surface area (Å²) in [6.07, 6.45) is 2.17. The Balaban J connectivity index is 2.13. The van der Waals surface area contributed by atoms with Crippen LogP contribution in [0.5, 0.6) is 0 Å². The van der Waals surface area contributed by atoms with Crippen LogP contribution in [-0.2, 0) is 19.1 Å². The zero-order valence-electron chi connectivity index (χ0n) is 13.2. The van der Waals surface area contributed by atoms with E-state index in [2.05, 4.69) is 10.4 Å². The third kappa shape index (κ3) is 3.73. The molecule has 1 amide bonds. The second-order valence-electron chi connectivity index (χ2n) is 5.60. The average Bonchev–Trinajstić information content (AvgIpc) is 2.85. The first-order valence-corrected chi connectivity index (χ1v) is 7.23. The number of hydrogen-bond acceptors (Lipinski definition) is 3. The first-order chi connectivity index (χ1) is 10.7. The van der Waals surface area contributed by atoms with Gasteiger partial charge in [0.2, 0.25) is 0 Å². The Labute approximate surface area is 132 Å². The molecule has 2 aromatic rings. The van der Waals surface area contributed by atoms with Gasteiger partial charge in [0.25, 0.3) is 5.91 Å². The number of hydrogen-bond donors (Lipinski definition) is 2. The van der Waals surface area contributed by atoms with E-state index in [1.165, 1.54) is 17.7 Å². The predicted octanol–water partition coefficient (Wildman–Crippen LogP) is 1.90. The minimum atomic E-state index is -1.66. The fraction of sp³-hybridized carbons (Fsp3) is 0.375. The molecule has 0 fully saturated rings. The van der Waals surface area contributed by atoms with Crippen molar-refractivity contribution in [2.45, 2.75) is 25.9 Å². The highest BCUT2D eigenvalue weighted by atomic mass is 19.1. The number of benzene rings is 1. The van der Waals surface area contributed by atoms with Gasteiger partial charge in [-0.25, -0.2) is 8.78 Å². The van der Waals surface area contributed by atoms with E-state index in [-0.39, 0.29) is 12.1 Å². The van der Waals surface area contributed by atoms with Crippen LogP contribution in [0.15, 0.2) is 24.4 Å². The van der Waals surface area contributed by atoms with E-state index in [1.54, 1.807) is 13.2 Å². The number of amides is 1. The highest BCUT2D eigenvalue weighted by Crippen LogP contribution is 2.23. The molecule has 1 heterocycles. The van der Waals surface area contributed by atoms with Gasteiger partial charge < -0.3 is 10.4 Å². The van der Waals surface area contributed by atoms with E-state index in [1.807, 2.05) is 6.92 Å². The molecule has 2 rings (SSSR count). The van der Waals surface area contributed by atoms with Gasteiger partial charge in [-0.2, -0.15) is 5.10 Å². The van der Waals surface area contributed by atoms with Crippen molar-refractivity contribution in [2.75, 3.05) is 6.54 Å². The molecule has 23 heavy (non-hydrogen) atoms. The first kappa shape index (κ1) is 17.1. The standard InChI is InChI=1S/C16H19F2N3O2/c1-4-14-11(8-21(3)20-14)15(22)19-9-16(2,23)12-6-5-10(17)7-13(12)18/h5-8,23H,4,9H2,1-3H3,(H,19,22). The molecular formula is C16H19F2N3O2. The molecule has 0 saturated carbocycles. The topological polar surface area (TPSA) is 67.2 Å². The third-order valence-electron chi connectivity index (χ3n) is 3.59. The summed E-state index contributed by atoms with van der Waals surface area (Å²) in [5, 5.41) is 17.1. The Bertz CT molecular complexity index is 726. The van der Waals surface area contributed by atoms with Crippen LogP contribution < -0.4 is 5.32 Å². The summed E-state index contributed by atoms with van der Waals surface area (Å²) >= 11 is 0. The summed E-state index contributed by atoms with van der Waals surface area (Å²) in [5.41, 5.74) is -0.703. The lowest BCUT2D eigenvalue weighted by Gasteiger charge is -2.24. The molecule has 0 aliphatic rings. The second-order valence-corrected chi connectivity index (χ2v) is 5.60. The maximum absolute atomic E-state index is 13.8. The summed E-state index contributed by atoms with van der Waals surface area (Å²) in [6, 6.07) is 2.92. The largest absolute Gasteiger partial charge is 0.383 e. The average molecular weight is 323 g/mol. The molecule has 1 atom stereocenters. The van der Waals surface area contributed by atoms with Crippen molar-refractivity contribution in [3.8, 4) is 0 Å². The molecule has 2 N–H and O–H groups in total. The summed E-state index contributed by atoms with van der Waals surface area (Å²) in [5.74, 6) is -1.99. The molecular weight excluding hydrogens is 304 g/mol. The molecule has 0 spiro atoms. The number of nitrogens with zero attached hydrogens (tertiary/aromatic N) is 2. The van der Waals surface area contributed by atoms with Gasteiger partial charge >= 0.3 is 0 Å². The Morgan fingerprint density at radius 1 is 1.43 bits per heavy atom. The molecule has 5 nitrogen and oxygen atoms in total. The van der Waals surface area contributed by atoms with E-state index in [0.29, 0.717) is 23.7 Å². The van der Waals surface area contributed by atoms with Crippen molar-refractivity contribution < 1.29 is 18.7 Å². The number of nitrogens with one attached hydrogen (secondary N) is 1. The predicted molar refractivity (Wildman–Crippen MR) is 80.8 cm³/mol. The van der Waals surface area contributed by atoms with Crippen LogP contribution in [0.3, 0.4) is 0 Å². The Hall–Kier alpha value is -2.28. The first-order valence-electron chi connectivity index (χ1n) is 7.23. The van der Waals surface area contributed by atoms with E-state index < -0.39 is 23.1 Å². The SMILES string of the molecule is CCc1nn(C)cc1C(=O)NCC(C)(O)c1ccc(F)cc1F. The molecule has 7 heteroatoms. The fourth-order valence-electron chi connectivity index (χ4n) is 2.35. The Morgan fingerprint density at radius 2 is 2.13 bits per heavy atom. The van der Waals surface area contributed by atoms with Crippen molar-refractivity contribution in [1.82, 2.24) is 15.1 Å². The monoisotopic (exact) mass is 323 g/mol. The molecule has 0 radical (unpaired) electrons. The lowest BCUT2D eigenvalue weighted by Crippen LogP contribution is -2.39. The number of halogens is 2. The van der Waals surface area contributed by atoms with E-state index in [9.17, 15) is 18.7 Å². The molecule has 0 aliphatic heterocycles. The molecule has 1 unspecified atom stereocenters. The number of aryl methyl sites for hydroxylation is 2. The maximum Gasteiger partial charge on any atom is 0.254 e. The number of aliphatic hydroxyl groups is 1. The smallest absolute Gasteiger partial charge is 0.254 e. The van der Waals surface area contributed by atoms with E-state index >= 15 is 0 Å². The van der Waals surface area contributed by atoms with Crippen molar-refractivity contribution in [2.24, 2.45) is 7.05 Å². The normalized spacial score (nSPS) is 13.7. The zero-order chi connectivity index (χ0) is 17.2. The molecule has 124 valence electrons. The highest BCUT2D eigenvalue weighted by Gasteiger charge is 2.28. The van der Waals surface area contributed by atoms with Gasteiger partial charge in [-0.05, 0) is 19.4 Å². The van der Waals surface area contributed by atoms with E-state index in [0.717, 1.165) is 6.07 Å². The van der Waals surface area contributed by atoms with Gasteiger partial charge in [0.1, 0.15) is 17.2 Å². The lowest BCUT2D eigenvalue weighted by atomic mass is 9.95. The molecule has 1 aromatic heterocycles. The van der Waals surface area contributed by atoms with Gasteiger partial charge in [0.15, 0.2) is 0 Å². The van der Waals surface area contributed by atoms with Crippen LogP contribution in [0.25, 0.3) is 0 Å². The number of aromatic nitrogens is 2. The summed E-state index contributed by atoms with van der Waals surface area (Å²) in [4.78, 5) is 12.2. The summed E-state index contributed by atoms with van der Waals surface area (Å²) in [6.45, 7) is 3.02. The quantitative estimate of drug-likeness (QED) is 0.883. The van der Waals surface area contributed by atoms with Gasteiger partial charge in [0.05, 0.1) is 17.8 Å². The minimum absolute atomic E-state index is 0.0823. The molecule has 0 aliphatic carbocycles. The minimum Gasteiger partial charge on any atom is -0.383 e. The second kappa shape index (κ2) is 6.45. The summed E-state index contributed by atoms with van der Waals surface area (Å²) in [7, 11) is 1.71. The van der Waals surface area contributed by atoms with Crippen LogP contribution >= 0.6 is 0 Å². The van der Waals surface area contributed by atoms with Crippen LogP contribution in [0, 0.1) is 11.6 Å². The number of carbonyl (C=O) groups excluding carboxylic acids is 1. The Morgan fingerprint density at radius 3 is 2.74 bits per heavy atom.